The average Bonchev–Trinajstić information content (AvgIpc) is 2.77. The third-order valence-electron chi connectivity index (χ3n) is 4.46. The van der Waals surface area contributed by atoms with Crippen LogP contribution < -0.4 is 15.5 Å². The molecule has 0 radical (unpaired) electrons. The second-order valence-electron chi connectivity index (χ2n) is 6.90. The highest BCUT2D eigenvalue weighted by atomic mass is 35.5. The monoisotopic (exact) mass is 437 g/mol. The lowest BCUT2D eigenvalue weighted by molar-refractivity contribution is -0.124. The number of ether oxygens (including phenoxy) is 1. The molecule has 160 valence electrons. The van der Waals surface area contributed by atoms with E-state index in [4.69, 9.17) is 16.3 Å². The highest BCUT2D eigenvalue weighted by Gasteiger charge is 2.09. The zero-order valence-electron chi connectivity index (χ0n) is 17.2. The largest absolute Gasteiger partial charge is 0.493 e. The first kappa shape index (κ1) is 22.3. The summed E-state index contributed by atoms with van der Waals surface area (Å²) >= 11 is 5.90. The fraction of sp³-hybridized carbons (Fsp3) is 0.208. The van der Waals surface area contributed by atoms with E-state index in [2.05, 4.69) is 15.8 Å². The van der Waals surface area contributed by atoms with E-state index in [1.54, 1.807) is 30.5 Å². The topological polar surface area (TPSA) is 79.8 Å². The molecule has 0 heterocycles. The van der Waals surface area contributed by atoms with Crippen LogP contribution in [0.5, 0.6) is 5.75 Å². The van der Waals surface area contributed by atoms with Crippen LogP contribution in [0.2, 0.25) is 5.02 Å². The molecule has 7 heteroatoms. The van der Waals surface area contributed by atoms with Crippen LogP contribution in [0.3, 0.4) is 0 Å². The molecular weight excluding hydrogens is 414 g/mol. The van der Waals surface area contributed by atoms with Crippen molar-refractivity contribution in [3.8, 4) is 5.75 Å². The maximum absolute atomic E-state index is 12.1. The first-order valence-electron chi connectivity index (χ1n) is 10.1. The van der Waals surface area contributed by atoms with Crippen molar-refractivity contribution in [3.05, 3.63) is 71.2 Å². The number of carbonyl (C=O) groups excluding carboxylic acids is 2. The molecule has 0 unspecified atom stereocenters. The van der Waals surface area contributed by atoms with Crippen LogP contribution in [0.4, 0.5) is 5.69 Å². The molecule has 3 aromatic carbocycles. The van der Waals surface area contributed by atoms with E-state index < -0.39 is 0 Å². The Bertz CT molecular complexity index is 1100. The molecule has 0 aliphatic carbocycles. The number of fused-ring (bicyclic) bond motifs is 1. The van der Waals surface area contributed by atoms with E-state index >= 15 is 0 Å². The predicted octanol–water partition coefficient (Wildman–Crippen LogP) is 5.15. The van der Waals surface area contributed by atoms with E-state index in [-0.39, 0.29) is 24.7 Å². The minimum atomic E-state index is -0.353. The summed E-state index contributed by atoms with van der Waals surface area (Å²) in [5.41, 5.74) is 3.87. The minimum Gasteiger partial charge on any atom is -0.493 e. The molecule has 0 aliphatic heterocycles. The fourth-order valence-corrected chi connectivity index (χ4v) is 3.18. The van der Waals surface area contributed by atoms with Gasteiger partial charge in [0.2, 0.25) is 11.8 Å². The van der Waals surface area contributed by atoms with E-state index in [1.807, 2.05) is 43.3 Å². The molecule has 0 aliphatic rings. The van der Waals surface area contributed by atoms with Gasteiger partial charge in [-0.05, 0) is 41.5 Å². The lowest BCUT2D eigenvalue weighted by atomic mass is 10.0. The third kappa shape index (κ3) is 6.55. The van der Waals surface area contributed by atoms with Gasteiger partial charge in [-0.3, -0.25) is 9.59 Å². The van der Waals surface area contributed by atoms with Crippen molar-refractivity contribution in [3.63, 3.8) is 0 Å². The average molecular weight is 438 g/mol. The number of benzene rings is 3. The number of hydrazone groups is 1. The highest BCUT2D eigenvalue weighted by Crippen LogP contribution is 2.26. The van der Waals surface area contributed by atoms with Gasteiger partial charge in [-0.2, -0.15) is 5.10 Å². The molecule has 2 amide bonds. The number of hydrogen-bond donors (Lipinski definition) is 2. The predicted molar refractivity (Wildman–Crippen MR) is 125 cm³/mol. The Morgan fingerprint density at radius 3 is 2.65 bits per heavy atom. The number of nitrogens with zero attached hydrogens (tertiary/aromatic N) is 1. The number of hydrogen-bond acceptors (Lipinski definition) is 4. The maximum Gasteiger partial charge on any atom is 0.240 e. The van der Waals surface area contributed by atoms with Crippen molar-refractivity contribution in [2.24, 2.45) is 5.10 Å². The van der Waals surface area contributed by atoms with Crippen LogP contribution in [-0.4, -0.2) is 24.6 Å². The van der Waals surface area contributed by atoms with Gasteiger partial charge in [0.15, 0.2) is 0 Å². The summed E-state index contributed by atoms with van der Waals surface area (Å²) < 4.78 is 5.83. The summed E-state index contributed by atoms with van der Waals surface area (Å²) in [6, 6.07) is 18.6. The van der Waals surface area contributed by atoms with Gasteiger partial charge >= 0.3 is 0 Å². The van der Waals surface area contributed by atoms with Crippen molar-refractivity contribution in [1.82, 2.24) is 5.43 Å². The van der Waals surface area contributed by atoms with Gasteiger partial charge in [0.25, 0.3) is 0 Å². The Hall–Kier alpha value is -3.38. The van der Waals surface area contributed by atoms with Crippen LogP contribution in [0.1, 0.15) is 31.7 Å². The van der Waals surface area contributed by atoms with Gasteiger partial charge in [0.05, 0.1) is 12.8 Å². The van der Waals surface area contributed by atoms with Gasteiger partial charge in [-0.15, -0.1) is 0 Å². The SMILES string of the molecule is CCCOc1ccc2ccccc2c1C=NNC(=O)CCC(=O)Nc1cccc(Cl)c1. The quantitative estimate of drug-likeness (QED) is 0.359. The van der Waals surface area contributed by atoms with Crippen LogP contribution in [0.25, 0.3) is 10.8 Å². The van der Waals surface area contributed by atoms with Crippen LogP contribution in [-0.2, 0) is 9.59 Å². The molecule has 0 aromatic heterocycles. The molecule has 3 rings (SSSR count). The lowest BCUT2D eigenvalue weighted by Gasteiger charge is -2.11. The van der Waals surface area contributed by atoms with E-state index in [1.165, 1.54) is 0 Å². The summed E-state index contributed by atoms with van der Waals surface area (Å²) in [4.78, 5) is 24.1. The standard InChI is InChI=1S/C24H24ClN3O3/c1-2-14-31-22-11-10-17-6-3-4-9-20(17)21(22)16-26-28-24(30)13-12-23(29)27-19-8-5-7-18(25)15-19/h3-11,15-16H,2,12-14H2,1H3,(H,27,29)(H,28,30). The molecule has 6 nitrogen and oxygen atoms in total. The Balaban J connectivity index is 1.59. The fourth-order valence-electron chi connectivity index (χ4n) is 2.99. The Morgan fingerprint density at radius 2 is 1.84 bits per heavy atom. The molecule has 0 atom stereocenters. The van der Waals surface area contributed by atoms with Crippen LogP contribution >= 0.6 is 11.6 Å². The highest BCUT2D eigenvalue weighted by molar-refractivity contribution is 6.30. The summed E-state index contributed by atoms with van der Waals surface area (Å²) in [6.07, 6.45) is 2.51. The number of carbonyl (C=O) groups is 2. The minimum absolute atomic E-state index is 0.0124. The van der Waals surface area contributed by atoms with Gasteiger partial charge in [0.1, 0.15) is 5.75 Å². The molecule has 0 spiro atoms. The first-order chi connectivity index (χ1) is 15.1. The van der Waals surface area contributed by atoms with Crippen molar-refractivity contribution in [1.29, 1.82) is 0 Å². The lowest BCUT2D eigenvalue weighted by Crippen LogP contribution is -2.20. The molecule has 2 N–H and O–H groups in total. The summed E-state index contributed by atoms with van der Waals surface area (Å²) in [6.45, 7) is 2.63. The van der Waals surface area contributed by atoms with E-state index in [0.717, 1.165) is 22.8 Å². The van der Waals surface area contributed by atoms with Gasteiger partial charge < -0.3 is 10.1 Å². The molecule has 0 saturated heterocycles. The molecule has 3 aromatic rings. The number of rotatable bonds is 9. The maximum atomic E-state index is 12.1. The summed E-state index contributed by atoms with van der Waals surface area (Å²) in [5.74, 6) is 0.0823. The van der Waals surface area contributed by atoms with Crippen LogP contribution in [0, 0.1) is 0 Å². The van der Waals surface area contributed by atoms with Crippen molar-refractivity contribution in [2.45, 2.75) is 26.2 Å². The Kier molecular flexibility index (Phi) is 8.01. The molecule has 0 saturated carbocycles. The van der Waals surface area contributed by atoms with Gasteiger partial charge in [-0.1, -0.05) is 54.9 Å². The molecule has 0 bridgehead atoms. The zero-order valence-corrected chi connectivity index (χ0v) is 18.0. The van der Waals surface area contributed by atoms with Crippen molar-refractivity contribution >= 4 is 46.1 Å². The zero-order chi connectivity index (χ0) is 22.1. The number of amides is 2. The second-order valence-corrected chi connectivity index (χ2v) is 7.34. The van der Waals surface area contributed by atoms with Crippen molar-refractivity contribution < 1.29 is 14.3 Å². The smallest absolute Gasteiger partial charge is 0.240 e. The molecule has 0 fully saturated rings. The van der Waals surface area contributed by atoms with E-state index in [0.29, 0.717) is 23.1 Å². The number of halogens is 1. The second kappa shape index (κ2) is 11.1. The Labute approximate surface area is 186 Å². The first-order valence-corrected chi connectivity index (χ1v) is 10.5. The van der Waals surface area contributed by atoms with Crippen molar-refractivity contribution in [2.75, 3.05) is 11.9 Å². The number of nitrogens with one attached hydrogen (secondary N) is 2. The number of anilines is 1. The summed E-state index contributed by atoms with van der Waals surface area (Å²) in [5, 5.41) is 9.35. The third-order valence-corrected chi connectivity index (χ3v) is 4.70. The normalized spacial score (nSPS) is 10.9. The molecule has 31 heavy (non-hydrogen) atoms. The summed E-state index contributed by atoms with van der Waals surface area (Å²) in [7, 11) is 0. The van der Waals surface area contributed by atoms with Gasteiger partial charge in [0, 0.05) is 29.1 Å². The van der Waals surface area contributed by atoms with Crippen LogP contribution in [0.15, 0.2) is 65.8 Å². The van der Waals surface area contributed by atoms with Gasteiger partial charge in [-0.25, -0.2) is 5.43 Å². The Morgan fingerprint density at radius 1 is 1.03 bits per heavy atom. The van der Waals surface area contributed by atoms with E-state index in [9.17, 15) is 9.59 Å². The molecular formula is C24H24ClN3O3.